The Morgan fingerprint density at radius 3 is 2.13 bits per heavy atom. The van der Waals surface area contributed by atoms with Gasteiger partial charge in [-0.05, 0) is 24.8 Å². The van der Waals surface area contributed by atoms with Crippen LogP contribution < -0.4 is 4.74 Å². The highest BCUT2D eigenvalue weighted by atomic mass is 19.4. The summed E-state index contributed by atoms with van der Waals surface area (Å²) in [6, 6.07) is 5.64. The van der Waals surface area contributed by atoms with Gasteiger partial charge in [0.15, 0.2) is 5.82 Å². The van der Waals surface area contributed by atoms with Gasteiger partial charge >= 0.3 is 24.3 Å². The van der Waals surface area contributed by atoms with Crippen LogP contribution in [0.3, 0.4) is 0 Å². The van der Waals surface area contributed by atoms with E-state index in [-0.39, 0.29) is 0 Å². The number of carboxylic acid groups (broad SMARTS) is 2. The lowest BCUT2D eigenvalue weighted by atomic mass is 9.99. The lowest BCUT2D eigenvalue weighted by Crippen LogP contribution is -2.38. The van der Waals surface area contributed by atoms with E-state index in [0.29, 0.717) is 12.5 Å². The Morgan fingerprint density at radius 1 is 1.00 bits per heavy atom. The Balaban J connectivity index is 0.000000301. The zero-order valence-electron chi connectivity index (χ0n) is 19.8. The molecule has 2 aromatic heterocycles. The molecule has 2 aromatic rings. The van der Waals surface area contributed by atoms with Crippen molar-refractivity contribution in [1.82, 2.24) is 24.6 Å². The zero-order valence-corrected chi connectivity index (χ0v) is 19.8. The number of carboxylic acids is 2. The summed E-state index contributed by atoms with van der Waals surface area (Å²) in [5.41, 5.74) is 0. The average Bonchev–Trinajstić information content (AvgIpc) is 3.26. The Kier molecular flexibility index (Phi) is 11.2. The molecule has 1 saturated heterocycles. The fourth-order valence-electron chi connectivity index (χ4n) is 3.40. The number of ether oxygens (including phenoxy) is 2. The van der Waals surface area contributed by atoms with E-state index in [1.165, 1.54) is 12.8 Å². The molecule has 0 bridgehead atoms. The number of halogens is 6. The highest BCUT2D eigenvalue weighted by molar-refractivity contribution is 5.73. The largest absolute Gasteiger partial charge is 0.490 e. The van der Waals surface area contributed by atoms with Crippen molar-refractivity contribution in [3.05, 3.63) is 36.0 Å². The molecule has 0 aliphatic carbocycles. The third-order valence-corrected chi connectivity index (χ3v) is 5.24. The Morgan fingerprint density at radius 2 is 1.61 bits per heavy atom. The van der Waals surface area contributed by atoms with E-state index in [1.54, 1.807) is 6.20 Å². The van der Waals surface area contributed by atoms with E-state index in [9.17, 15) is 26.3 Å². The maximum absolute atomic E-state index is 10.6. The molecule has 2 aliphatic heterocycles. The van der Waals surface area contributed by atoms with Crippen LogP contribution >= 0.6 is 0 Å². The summed E-state index contributed by atoms with van der Waals surface area (Å²) in [6.45, 7) is 6.19. The van der Waals surface area contributed by atoms with Crippen LogP contribution in [0.15, 0.2) is 24.4 Å². The van der Waals surface area contributed by atoms with Crippen LogP contribution in [0.4, 0.5) is 26.3 Å². The van der Waals surface area contributed by atoms with Crippen molar-refractivity contribution in [3.63, 3.8) is 0 Å². The predicted molar refractivity (Wildman–Crippen MR) is 115 cm³/mol. The Bertz CT molecular complexity index is 1000. The number of rotatable bonds is 5. The minimum atomic E-state index is -5.08. The molecule has 2 aliphatic rings. The van der Waals surface area contributed by atoms with Crippen LogP contribution in [-0.2, 0) is 34.0 Å². The van der Waals surface area contributed by atoms with Crippen molar-refractivity contribution in [1.29, 1.82) is 0 Å². The summed E-state index contributed by atoms with van der Waals surface area (Å²) in [6.07, 6.45) is -6.10. The van der Waals surface area contributed by atoms with E-state index in [0.717, 1.165) is 57.0 Å². The minimum Gasteiger partial charge on any atom is -0.475 e. The summed E-state index contributed by atoms with van der Waals surface area (Å²) in [5, 5.41) is 22.9. The van der Waals surface area contributed by atoms with Crippen LogP contribution in [0.1, 0.15) is 24.5 Å². The van der Waals surface area contributed by atoms with E-state index in [4.69, 9.17) is 29.3 Å². The third-order valence-electron chi connectivity index (χ3n) is 5.24. The maximum Gasteiger partial charge on any atom is 0.490 e. The molecule has 0 unspecified atom stereocenters. The van der Waals surface area contributed by atoms with Gasteiger partial charge in [0.05, 0.1) is 6.54 Å². The smallest absolute Gasteiger partial charge is 0.475 e. The lowest BCUT2D eigenvalue weighted by Gasteiger charge is -2.32. The molecule has 17 heteroatoms. The minimum absolute atomic E-state index is 0.407. The van der Waals surface area contributed by atoms with Crippen molar-refractivity contribution >= 4 is 11.9 Å². The van der Waals surface area contributed by atoms with Gasteiger partial charge in [-0.1, -0.05) is 6.07 Å². The normalized spacial score (nSPS) is 16.3. The highest BCUT2D eigenvalue weighted by Gasteiger charge is 2.38. The topological polar surface area (TPSA) is 140 Å². The van der Waals surface area contributed by atoms with Crippen LogP contribution in [0.5, 0.6) is 5.88 Å². The SMILES string of the molecule is O=C(O)C(F)(F)F.O=C(O)C(F)(F)F.c1ccc(OCc2nnc3n2CCN(CC2CCOCC2)C3)nc1. The molecule has 11 nitrogen and oxygen atoms in total. The Hall–Kier alpha value is -3.47. The summed E-state index contributed by atoms with van der Waals surface area (Å²) >= 11 is 0. The summed E-state index contributed by atoms with van der Waals surface area (Å²) in [4.78, 5) is 24.5. The number of carbonyl (C=O) groups is 2. The van der Waals surface area contributed by atoms with Crippen molar-refractivity contribution in [3.8, 4) is 5.88 Å². The number of pyridine rings is 1. The molecule has 0 radical (unpaired) electrons. The first-order chi connectivity index (χ1) is 17.8. The molecule has 38 heavy (non-hydrogen) atoms. The van der Waals surface area contributed by atoms with E-state index in [2.05, 4.69) is 24.6 Å². The standard InChI is InChI=1S/C17H23N5O2.2C2HF3O2/c1-2-6-18-17(3-1)24-13-16-20-19-15-12-21(7-8-22(15)16)11-14-4-9-23-10-5-14;2*3-2(4,5)1(6)7/h1-3,6,14H,4-5,7-13H2;2*(H,6,7). The van der Waals surface area contributed by atoms with Crippen molar-refractivity contribution in [2.24, 2.45) is 5.92 Å². The van der Waals surface area contributed by atoms with E-state index < -0.39 is 24.3 Å². The monoisotopic (exact) mass is 557 g/mol. The molecule has 0 aromatic carbocycles. The first-order valence-electron chi connectivity index (χ1n) is 11.1. The Labute approximate surface area is 212 Å². The van der Waals surface area contributed by atoms with Crippen LogP contribution in [0.25, 0.3) is 0 Å². The summed E-state index contributed by atoms with van der Waals surface area (Å²) in [7, 11) is 0. The molecule has 0 amide bonds. The molecular formula is C21H25F6N5O6. The molecule has 4 rings (SSSR count). The molecule has 1 fully saturated rings. The summed E-state index contributed by atoms with van der Waals surface area (Å²) < 4.78 is 76.8. The zero-order chi connectivity index (χ0) is 28.3. The third kappa shape index (κ3) is 10.5. The second-order valence-electron chi connectivity index (χ2n) is 8.04. The van der Waals surface area contributed by atoms with Crippen molar-refractivity contribution in [2.45, 2.75) is 44.9 Å². The van der Waals surface area contributed by atoms with Gasteiger partial charge in [0, 0.05) is 45.1 Å². The summed E-state index contributed by atoms with van der Waals surface area (Å²) in [5.74, 6) is -2.23. The molecule has 212 valence electrons. The van der Waals surface area contributed by atoms with Gasteiger partial charge < -0.3 is 24.3 Å². The molecule has 0 atom stereocenters. The number of hydrogen-bond donors (Lipinski definition) is 2. The number of hydrogen-bond acceptors (Lipinski definition) is 8. The van der Waals surface area contributed by atoms with Gasteiger partial charge in [-0.25, -0.2) is 14.6 Å². The average molecular weight is 557 g/mol. The second-order valence-corrected chi connectivity index (χ2v) is 8.04. The fraction of sp³-hybridized carbons (Fsp3) is 0.571. The maximum atomic E-state index is 10.6. The molecular weight excluding hydrogens is 532 g/mol. The quantitative estimate of drug-likeness (QED) is 0.528. The first-order valence-corrected chi connectivity index (χ1v) is 11.1. The van der Waals surface area contributed by atoms with Gasteiger partial charge in [-0.2, -0.15) is 26.3 Å². The molecule has 2 N–H and O–H groups in total. The number of fused-ring (bicyclic) bond motifs is 1. The van der Waals surface area contributed by atoms with Gasteiger partial charge in [0.25, 0.3) is 0 Å². The van der Waals surface area contributed by atoms with Gasteiger partial charge in [0.1, 0.15) is 12.4 Å². The van der Waals surface area contributed by atoms with Crippen LogP contribution in [-0.4, -0.2) is 85.5 Å². The van der Waals surface area contributed by atoms with Gasteiger partial charge in [-0.15, -0.1) is 10.2 Å². The van der Waals surface area contributed by atoms with Crippen molar-refractivity contribution in [2.75, 3.05) is 26.3 Å². The lowest BCUT2D eigenvalue weighted by molar-refractivity contribution is -0.193. The number of aromatic nitrogens is 4. The predicted octanol–water partition coefficient (Wildman–Crippen LogP) is 2.76. The first kappa shape index (κ1) is 30.8. The number of aliphatic carboxylic acids is 2. The highest BCUT2D eigenvalue weighted by Crippen LogP contribution is 2.20. The van der Waals surface area contributed by atoms with E-state index >= 15 is 0 Å². The number of alkyl halides is 6. The number of nitrogens with zero attached hydrogens (tertiary/aromatic N) is 5. The van der Waals surface area contributed by atoms with Crippen LogP contribution in [0, 0.1) is 5.92 Å². The van der Waals surface area contributed by atoms with Gasteiger partial charge in [-0.3, -0.25) is 4.90 Å². The fourth-order valence-corrected chi connectivity index (χ4v) is 3.40. The second kappa shape index (κ2) is 13.9. The van der Waals surface area contributed by atoms with Gasteiger partial charge in [0.2, 0.25) is 5.88 Å². The van der Waals surface area contributed by atoms with Crippen LogP contribution in [0.2, 0.25) is 0 Å². The molecule has 4 heterocycles. The molecule has 0 spiro atoms. The molecule has 0 saturated carbocycles. The van der Waals surface area contributed by atoms with E-state index in [1.807, 2.05) is 18.2 Å². The van der Waals surface area contributed by atoms with Crippen molar-refractivity contribution < 1.29 is 55.6 Å².